The molecule has 0 spiro atoms. The van der Waals surface area contributed by atoms with Crippen LogP contribution in [0.4, 0.5) is 0 Å². The minimum absolute atomic E-state index is 0.0503. The molecule has 0 bridgehead atoms. The summed E-state index contributed by atoms with van der Waals surface area (Å²) in [6.07, 6.45) is 0. The fourth-order valence-electron chi connectivity index (χ4n) is 8.60. The highest BCUT2D eigenvalue weighted by Crippen LogP contribution is 2.45. The Hall–Kier alpha value is -7.89. The van der Waals surface area contributed by atoms with Crippen molar-refractivity contribution in [1.29, 1.82) is 0 Å². The lowest BCUT2D eigenvalue weighted by Gasteiger charge is -2.13. The molecule has 3 heterocycles. The van der Waals surface area contributed by atoms with E-state index in [-0.39, 0.29) is 23.0 Å². The number of nitrogens with zero attached hydrogens (tertiary/aromatic N) is 4. The quantitative estimate of drug-likeness (QED) is 0.165. The first-order valence-electron chi connectivity index (χ1n) is 21.6. The second kappa shape index (κ2) is 12.8. The fourth-order valence-corrected chi connectivity index (χ4v) is 8.60. The van der Waals surface area contributed by atoms with Crippen molar-refractivity contribution in [1.82, 2.24) is 19.5 Å². The van der Waals surface area contributed by atoms with Crippen LogP contribution in [0.5, 0.6) is 0 Å². The van der Waals surface area contributed by atoms with Gasteiger partial charge in [-0.15, -0.1) is 0 Å². The highest BCUT2D eigenvalue weighted by molar-refractivity contribution is 6.21. The molecule has 0 radical (unpaired) electrons. The maximum absolute atomic E-state index is 8.93. The number of rotatable bonds is 5. The van der Waals surface area contributed by atoms with Crippen molar-refractivity contribution in [3.63, 3.8) is 0 Å². The maximum atomic E-state index is 8.93. The summed E-state index contributed by atoms with van der Waals surface area (Å²) in [5, 5.41) is 8.52. The van der Waals surface area contributed by atoms with Crippen LogP contribution in [0.3, 0.4) is 0 Å². The van der Waals surface area contributed by atoms with E-state index < -0.39 is 30.2 Å². The minimum Gasteiger partial charge on any atom is -0.455 e. The molecule has 9 aromatic carbocycles. The molecule has 0 saturated heterocycles. The van der Waals surface area contributed by atoms with Crippen LogP contribution in [0.15, 0.2) is 198 Å². The Morgan fingerprint density at radius 2 is 1.05 bits per heavy atom. The molecule has 5 heteroatoms. The highest BCUT2D eigenvalue weighted by Gasteiger charge is 2.23. The van der Waals surface area contributed by atoms with Crippen molar-refractivity contribution >= 4 is 65.3 Å². The Bertz CT molecular complexity index is 3800. The number of benzene rings is 9. The van der Waals surface area contributed by atoms with Crippen molar-refractivity contribution in [2.75, 3.05) is 0 Å². The summed E-state index contributed by atoms with van der Waals surface area (Å²) in [7, 11) is 0. The van der Waals surface area contributed by atoms with E-state index in [4.69, 9.17) is 26.2 Å². The lowest BCUT2D eigenvalue weighted by atomic mass is 9.91. The molecule has 12 rings (SSSR count). The summed E-state index contributed by atoms with van der Waals surface area (Å²) in [4.78, 5) is 14.9. The average Bonchev–Trinajstić information content (AvgIpc) is 3.88. The van der Waals surface area contributed by atoms with Crippen LogP contribution < -0.4 is 0 Å². The zero-order valence-corrected chi connectivity index (χ0v) is 30.8. The molecule has 0 atom stereocenters. The summed E-state index contributed by atoms with van der Waals surface area (Å²) >= 11 is 0. The van der Waals surface area contributed by atoms with E-state index in [1.807, 2.05) is 72.8 Å². The van der Waals surface area contributed by atoms with Crippen molar-refractivity contribution in [3.05, 3.63) is 194 Å². The van der Waals surface area contributed by atoms with Crippen molar-refractivity contribution < 1.29 is 11.3 Å². The van der Waals surface area contributed by atoms with E-state index in [2.05, 4.69) is 95.6 Å². The molecule has 0 aliphatic carbocycles. The Morgan fingerprint density at radius 1 is 0.431 bits per heavy atom. The SMILES string of the molecule is [2H]c1c([2H])c([2H])c(-c2nc(-c3ccccc3)nc(-c3cc(-n4c5ccccc5c5ccccc54)cc4c3oc3cccc(-c5cc6ccccc6c6ccccc56)c34)n2)c([2H])c1[2H]. The van der Waals surface area contributed by atoms with E-state index in [0.717, 1.165) is 65.6 Å². The van der Waals surface area contributed by atoms with Crippen molar-refractivity contribution in [2.45, 2.75) is 0 Å². The van der Waals surface area contributed by atoms with Crippen LogP contribution in [0, 0.1) is 0 Å². The number of hydrogen-bond donors (Lipinski definition) is 0. The third kappa shape index (κ3) is 5.00. The van der Waals surface area contributed by atoms with Gasteiger partial charge >= 0.3 is 0 Å². The predicted octanol–water partition coefficient (Wildman–Crippen LogP) is 13.8. The van der Waals surface area contributed by atoms with Gasteiger partial charge in [-0.1, -0.05) is 158 Å². The summed E-state index contributed by atoms with van der Waals surface area (Å²) < 4.78 is 52.4. The minimum atomic E-state index is -0.496. The van der Waals surface area contributed by atoms with Gasteiger partial charge in [0.2, 0.25) is 0 Å². The van der Waals surface area contributed by atoms with Gasteiger partial charge in [0.15, 0.2) is 17.5 Å². The molecule has 0 aliphatic rings. The van der Waals surface area contributed by atoms with E-state index in [9.17, 15) is 0 Å². The molecule has 270 valence electrons. The van der Waals surface area contributed by atoms with Gasteiger partial charge in [0.25, 0.3) is 0 Å². The van der Waals surface area contributed by atoms with Crippen LogP contribution in [0.25, 0.3) is 116 Å². The second-order valence-electron chi connectivity index (χ2n) is 14.4. The van der Waals surface area contributed by atoms with Crippen molar-refractivity contribution in [2.24, 2.45) is 0 Å². The van der Waals surface area contributed by atoms with Crippen LogP contribution in [-0.4, -0.2) is 19.5 Å². The smallest absolute Gasteiger partial charge is 0.167 e. The number of para-hydroxylation sites is 2. The van der Waals surface area contributed by atoms with E-state index in [1.165, 1.54) is 5.39 Å². The molecule has 0 fully saturated rings. The highest BCUT2D eigenvalue weighted by atomic mass is 16.3. The molecule has 58 heavy (non-hydrogen) atoms. The Balaban J connectivity index is 1.23. The normalized spacial score (nSPS) is 13.0. The molecular weight excluding hydrogens is 709 g/mol. The Labute approximate surface area is 340 Å². The van der Waals surface area contributed by atoms with E-state index >= 15 is 0 Å². The monoisotopic (exact) mass is 745 g/mol. The van der Waals surface area contributed by atoms with Crippen LogP contribution in [0.2, 0.25) is 0 Å². The summed E-state index contributed by atoms with van der Waals surface area (Å²) in [5.41, 5.74) is 7.22. The second-order valence-corrected chi connectivity index (χ2v) is 14.4. The summed E-state index contributed by atoms with van der Waals surface area (Å²) in [6.45, 7) is 0. The van der Waals surface area contributed by atoms with Gasteiger partial charge in [-0.3, -0.25) is 0 Å². The van der Waals surface area contributed by atoms with Gasteiger partial charge in [0.05, 0.1) is 23.5 Å². The molecule has 12 aromatic rings. The third-order valence-electron chi connectivity index (χ3n) is 11.1. The predicted molar refractivity (Wildman–Crippen MR) is 238 cm³/mol. The zero-order valence-electron chi connectivity index (χ0n) is 35.8. The molecule has 0 unspecified atom stereocenters. The van der Waals surface area contributed by atoms with Gasteiger partial charge in [-0.2, -0.15) is 0 Å². The van der Waals surface area contributed by atoms with Gasteiger partial charge in [0, 0.05) is 38.4 Å². The van der Waals surface area contributed by atoms with Crippen LogP contribution in [-0.2, 0) is 0 Å². The number of fused-ring (bicyclic) bond motifs is 9. The maximum Gasteiger partial charge on any atom is 0.167 e. The molecule has 5 nitrogen and oxygen atoms in total. The molecule has 0 N–H and O–H groups in total. The third-order valence-corrected chi connectivity index (χ3v) is 11.1. The molecule has 3 aromatic heterocycles. The largest absolute Gasteiger partial charge is 0.455 e. The standard InChI is InChI=1S/C53H32N4O/c1-3-16-33(17-4-1)51-54-52(34-18-5-2-6-19-34)56-53(55-51)45-32-36(57-46-27-13-11-24-40(46)41-25-12-14-28-47(41)57)31-44-49-42(26-15-29-48(49)58-50(44)45)43-30-35-20-7-8-21-37(35)38-22-9-10-23-39(38)43/h1-32H/i1D,3D,4D,16D,17D. The number of aromatic nitrogens is 4. The summed E-state index contributed by atoms with van der Waals surface area (Å²) in [6, 6.07) is 53.3. The fraction of sp³-hybridized carbons (Fsp3) is 0. The lowest BCUT2D eigenvalue weighted by molar-refractivity contribution is 0.669. The lowest BCUT2D eigenvalue weighted by Crippen LogP contribution is -2.01. The molecule has 0 aliphatic heterocycles. The van der Waals surface area contributed by atoms with Crippen LogP contribution >= 0.6 is 0 Å². The van der Waals surface area contributed by atoms with Gasteiger partial charge in [-0.25, -0.2) is 15.0 Å². The molecule has 0 amide bonds. The first kappa shape index (κ1) is 27.7. The first-order chi connectivity index (χ1) is 30.8. The van der Waals surface area contributed by atoms with Gasteiger partial charge < -0.3 is 8.98 Å². The topological polar surface area (TPSA) is 56.7 Å². The van der Waals surface area contributed by atoms with E-state index in [0.29, 0.717) is 22.3 Å². The molecular formula is C53H32N4O. The molecule has 0 saturated carbocycles. The number of furan rings is 1. The van der Waals surface area contributed by atoms with Gasteiger partial charge in [-0.05, 0) is 69.1 Å². The van der Waals surface area contributed by atoms with Crippen LogP contribution in [0.1, 0.15) is 6.85 Å². The number of hydrogen-bond acceptors (Lipinski definition) is 4. The Morgan fingerprint density at radius 3 is 1.81 bits per heavy atom. The average molecular weight is 746 g/mol. The summed E-state index contributed by atoms with van der Waals surface area (Å²) in [5.74, 6) is 0.443. The Kier molecular flexibility index (Phi) is 6.12. The van der Waals surface area contributed by atoms with Gasteiger partial charge in [0.1, 0.15) is 11.2 Å². The van der Waals surface area contributed by atoms with Crippen molar-refractivity contribution in [3.8, 4) is 51.0 Å². The van der Waals surface area contributed by atoms with E-state index in [1.54, 1.807) is 0 Å². The first-order valence-corrected chi connectivity index (χ1v) is 19.1. The zero-order chi connectivity index (χ0) is 42.5.